The molecule has 1 aromatic rings. The van der Waals surface area contributed by atoms with Crippen LogP contribution < -0.4 is 5.32 Å². The first-order chi connectivity index (χ1) is 7.54. The van der Waals surface area contributed by atoms with E-state index in [1.165, 1.54) is 4.88 Å². The van der Waals surface area contributed by atoms with Crippen molar-refractivity contribution < 1.29 is 4.74 Å². The summed E-state index contributed by atoms with van der Waals surface area (Å²) in [6.45, 7) is 9.80. The van der Waals surface area contributed by atoms with Crippen LogP contribution in [0.5, 0.6) is 0 Å². The van der Waals surface area contributed by atoms with Crippen LogP contribution in [0.15, 0.2) is 17.5 Å². The van der Waals surface area contributed by atoms with Crippen LogP contribution in [0.3, 0.4) is 0 Å². The summed E-state index contributed by atoms with van der Waals surface area (Å²) in [4.78, 5) is 1.32. The molecule has 1 unspecified atom stereocenters. The van der Waals surface area contributed by atoms with E-state index < -0.39 is 0 Å². The van der Waals surface area contributed by atoms with E-state index in [1.807, 2.05) is 0 Å². The van der Waals surface area contributed by atoms with Crippen LogP contribution in [0.1, 0.15) is 32.6 Å². The highest BCUT2D eigenvalue weighted by molar-refractivity contribution is 7.10. The Morgan fingerprint density at radius 3 is 2.88 bits per heavy atom. The maximum atomic E-state index is 6.24. The molecule has 3 heteroatoms. The molecule has 90 valence electrons. The fourth-order valence-corrected chi connectivity index (χ4v) is 3.53. The van der Waals surface area contributed by atoms with Gasteiger partial charge in [-0.2, -0.15) is 0 Å². The minimum atomic E-state index is -0.181. The third-order valence-corrected chi connectivity index (χ3v) is 4.43. The van der Waals surface area contributed by atoms with Gasteiger partial charge in [-0.1, -0.05) is 19.9 Å². The van der Waals surface area contributed by atoms with Gasteiger partial charge in [0.05, 0.1) is 6.10 Å². The van der Waals surface area contributed by atoms with E-state index in [0.717, 1.165) is 6.54 Å². The number of morpholine rings is 1. The zero-order valence-corrected chi connectivity index (χ0v) is 11.3. The molecule has 1 N–H and O–H groups in total. The molecule has 1 aliphatic heterocycles. The molecule has 0 saturated carbocycles. The number of nitrogens with one attached hydrogen (secondary N) is 1. The minimum Gasteiger partial charge on any atom is -0.364 e. The molecule has 0 spiro atoms. The fourth-order valence-electron chi connectivity index (χ4n) is 2.66. The van der Waals surface area contributed by atoms with E-state index in [0.29, 0.717) is 12.0 Å². The summed E-state index contributed by atoms with van der Waals surface area (Å²) in [5.74, 6) is 0.569. The number of ether oxygens (including phenoxy) is 1. The van der Waals surface area contributed by atoms with Crippen LogP contribution in [-0.2, 0) is 10.3 Å². The second-order valence-corrected chi connectivity index (χ2v) is 6.09. The number of hydrogen-bond acceptors (Lipinski definition) is 3. The number of rotatable bonds is 2. The monoisotopic (exact) mass is 239 g/mol. The average Bonchev–Trinajstić information content (AvgIpc) is 2.69. The van der Waals surface area contributed by atoms with E-state index in [4.69, 9.17) is 4.74 Å². The van der Waals surface area contributed by atoms with Gasteiger partial charge in [0, 0.05) is 17.5 Å². The lowest BCUT2D eigenvalue weighted by molar-refractivity contribution is -0.138. The first-order valence-corrected chi connectivity index (χ1v) is 6.87. The molecule has 0 radical (unpaired) electrons. The van der Waals surface area contributed by atoms with Crippen molar-refractivity contribution in [2.24, 2.45) is 5.92 Å². The second-order valence-electron chi connectivity index (χ2n) is 5.14. The maximum Gasteiger partial charge on any atom is 0.115 e. The van der Waals surface area contributed by atoms with Gasteiger partial charge in [-0.05, 0) is 31.2 Å². The molecule has 2 rings (SSSR count). The Morgan fingerprint density at radius 2 is 2.31 bits per heavy atom. The van der Waals surface area contributed by atoms with Gasteiger partial charge in [-0.15, -0.1) is 11.3 Å². The lowest BCUT2D eigenvalue weighted by Crippen LogP contribution is -2.59. The van der Waals surface area contributed by atoms with E-state index >= 15 is 0 Å². The Bertz CT molecular complexity index is 336. The molecule has 3 atom stereocenters. The van der Waals surface area contributed by atoms with Crippen LogP contribution in [-0.4, -0.2) is 18.7 Å². The molecule has 1 fully saturated rings. The van der Waals surface area contributed by atoms with Crippen molar-refractivity contribution in [2.75, 3.05) is 6.54 Å². The standard InChI is InChI=1S/C13H21NOS/c1-9(2)12-13(4,11-6-5-7-16-11)15-10(3)8-14-12/h5-7,9-10,12,14H,8H2,1-4H3/t10-,12?,13-/m0/s1. The Balaban J connectivity index is 2.32. The third kappa shape index (κ3) is 2.04. The first-order valence-electron chi connectivity index (χ1n) is 5.99. The molecule has 0 aromatic carbocycles. The topological polar surface area (TPSA) is 21.3 Å². The molecule has 1 aromatic heterocycles. The molecule has 0 aliphatic carbocycles. The van der Waals surface area contributed by atoms with Gasteiger partial charge >= 0.3 is 0 Å². The molecular weight excluding hydrogens is 218 g/mol. The molecule has 0 bridgehead atoms. The quantitative estimate of drug-likeness (QED) is 0.856. The van der Waals surface area contributed by atoms with Gasteiger partial charge in [0.1, 0.15) is 5.60 Å². The highest BCUT2D eigenvalue weighted by Crippen LogP contribution is 2.38. The molecule has 2 heterocycles. The zero-order valence-electron chi connectivity index (χ0n) is 10.5. The van der Waals surface area contributed by atoms with Gasteiger partial charge in [-0.3, -0.25) is 0 Å². The predicted molar refractivity (Wildman–Crippen MR) is 68.8 cm³/mol. The number of thiophene rings is 1. The van der Waals surface area contributed by atoms with E-state index in [2.05, 4.69) is 50.5 Å². The average molecular weight is 239 g/mol. The summed E-state index contributed by atoms with van der Waals surface area (Å²) < 4.78 is 6.24. The maximum absolute atomic E-state index is 6.24. The fraction of sp³-hybridized carbons (Fsp3) is 0.692. The summed E-state index contributed by atoms with van der Waals surface area (Å²) in [5, 5.41) is 5.75. The summed E-state index contributed by atoms with van der Waals surface area (Å²) in [6.07, 6.45) is 0.280. The van der Waals surface area contributed by atoms with Crippen molar-refractivity contribution in [3.63, 3.8) is 0 Å². The van der Waals surface area contributed by atoms with E-state index in [-0.39, 0.29) is 11.7 Å². The van der Waals surface area contributed by atoms with Crippen molar-refractivity contribution in [3.05, 3.63) is 22.4 Å². The van der Waals surface area contributed by atoms with Gasteiger partial charge in [0.25, 0.3) is 0 Å². The Labute approximate surface area is 102 Å². The minimum absolute atomic E-state index is 0.181. The lowest BCUT2D eigenvalue weighted by Gasteiger charge is -2.46. The lowest BCUT2D eigenvalue weighted by atomic mass is 9.84. The molecular formula is C13H21NOS. The predicted octanol–water partition coefficient (Wildman–Crippen LogP) is 3.00. The number of hydrogen-bond donors (Lipinski definition) is 1. The zero-order chi connectivity index (χ0) is 11.8. The summed E-state index contributed by atoms with van der Waals surface area (Å²) >= 11 is 1.79. The normalized spacial score (nSPS) is 35.6. The van der Waals surface area contributed by atoms with Crippen molar-refractivity contribution >= 4 is 11.3 Å². The third-order valence-electron chi connectivity index (χ3n) is 3.34. The highest BCUT2D eigenvalue weighted by Gasteiger charge is 2.43. The Kier molecular flexibility index (Phi) is 3.38. The van der Waals surface area contributed by atoms with Crippen molar-refractivity contribution in [1.82, 2.24) is 5.32 Å². The van der Waals surface area contributed by atoms with Gasteiger partial charge in [-0.25, -0.2) is 0 Å². The smallest absolute Gasteiger partial charge is 0.115 e. The summed E-state index contributed by atoms with van der Waals surface area (Å²) in [6, 6.07) is 4.67. The van der Waals surface area contributed by atoms with Crippen LogP contribution in [0.2, 0.25) is 0 Å². The molecule has 1 aliphatic rings. The Hall–Kier alpha value is -0.380. The van der Waals surface area contributed by atoms with Crippen molar-refractivity contribution in [3.8, 4) is 0 Å². The molecule has 2 nitrogen and oxygen atoms in total. The van der Waals surface area contributed by atoms with Crippen LogP contribution >= 0.6 is 11.3 Å². The highest BCUT2D eigenvalue weighted by atomic mass is 32.1. The SMILES string of the molecule is CC(C)C1NC[C@H](C)O[C@@]1(C)c1cccs1. The Morgan fingerprint density at radius 1 is 1.56 bits per heavy atom. The van der Waals surface area contributed by atoms with Crippen LogP contribution in [0, 0.1) is 5.92 Å². The second kappa shape index (κ2) is 4.47. The van der Waals surface area contributed by atoms with Crippen molar-refractivity contribution in [1.29, 1.82) is 0 Å². The van der Waals surface area contributed by atoms with E-state index in [1.54, 1.807) is 11.3 Å². The van der Waals surface area contributed by atoms with Gasteiger partial charge < -0.3 is 10.1 Å². The van der Waals surface area contributed by atoms with Crippen molar-refractivity contribution in [2.45, 2.75) is 45.4 Å². The van der Waals surface area contributed by atoms with Gasteiger partial charge in [0.15, 0.2) is 0 Å². The molecule has 0 amide bonds. The molecule has 16 heavy (non-hydrogen) atoms. The largest absolute Gasteiger partial charge is 0.364 e. The van der Waals surface area contributed by atoms with Crippen LogP contribution in [0.4, 0.5) is 0 Å². The van der Waals surface area contributed by atoms with Gasteiger partial charge in [0.2, 0.25) is 0 Å². The summed E-state index contributed by atoms with van der Waals surface area (Å²) in [5.41, 5.74) is -0.181. The summed E-state index contributed by atoms with van der Waals surface area (Å²) in [7, 11) is 0. The first kappa shape index (κ1) is 12.1. The van der Waals surface area contributed by atoms with Crippen LogP contribution in [0.25, 0.3) is 0 Å². The van der Waals surface area contributed by atoms with E-state index in [9.17, 15) is 0 Å². The molecule has 1 saturated heterocycles.